The van der Waals surface area contributed by atoms with E-state index in [2.05, 4.69) is 50.4 Å². The van der Waals surface area contributed by atoms with Crippen molar-refractivity contribution in [3.63, 3.8) is 0 Å². The number of nitriles is 1. The third kappa shape index (κ3) is 7.29. The van der Waals surface area contributed by atoms with Crippen molar-refractivity contribution in [1.29, 1.82) is 5.26 Å². The molecule has 2 saturated heterocycles. The number of aromatic nitrogens is 1. The number of benzene rings is 1. The summed E-state index contributed by atoms with van der Waals surface area (Å²) in [4.78, 5) is 21.9. The zero-order valence-electron chi connectivity index (χ0n) is 22.3. The number of thiazole rings is 1. The summed E-state index contributed by atoms with van der Waals surface area (Å²) in [6.45, 7) is 4.45. The predicted octanol–water partition coefficient (Wildman–Crippen LogP) is 3.87. The van der Waals surface area contributed by atoms with Gasteiger partial charge in [-0.25, -0.2) is 13.4 Å². The highest BCUT2D eigenvalue weighted by Crippen LogP contribution is 2.36. The normalized spacial score (nSPS) is 22.2. The van der Waals surface area contributed by atoms with Crippen molar-refractivity contribution < 1.29 is 19.4 Å². The van der Waals surface area contributed by atoms with E-state index in [1.807, 2.05) is 6.20 Å². The van der Waals surface area contributed by atoms with Crippen LogP contribution in [0.15, 0.2) is 30.5 Å². The quantitative estimate of drug-likeness (QED) is 0.573. The predicted molar refractivity (Wildman–Crippen MR) is 156 cm³/mol. The van der Waals surface area contributed by atoms with E-state index >= 15 is 0 Å². The van der Waals surface area contributed by atoms with Gasteiger partial charge in [0.25, 0.3) is 0 Å². The van der Waals surface area contributed by atoms with E-state index in [1.165, 1.54) is 6.42 Å². The summed E-state index contributed by atoms with van der Waals surface area (Å²) in [6.07, 6.45) is 9.20. The summed E-state index contributed by atoms with van der Waals surface area (Å²) >= 11 is 1.70. The highest BCUT2D eigenvalue weighted by Gasteiger charge is 2.45. The highest BCUT2D eigenvalue weighted by molar-refractivity contribution is 7.91. The van der Waals surface area contributed by atoms with Crippen molar-refractivity contribution in [3.8, 4) is 16.5 Å². The maximum atomic E-state index is 11.8. The van der Waals surface area contributed by atoms with Crippen molar-refractivity contribution in [3.05, 3.63) is 30.5 Å². The molecule has 2 aromatic rings. The molecule has 2 aliphatic carbocycles. The smallest absolute Gasteiger partial charge is 0.224 e. The molecule has 0 bridgehead atoms. The fourth-order valence-electron chi connectivity index (χ4n) is 5.20. The molecular formula is C28H39N5O4S2. The van der Waals surface area contributed by atoms with E-state index in [-0.39, 0.29) is 24.8 Å². The molecule has 2 saturated carbocycles. The van der Waals surface area contributed by atoms with Gasteiger partial charge in [-0.15, -0.1) is 0 Å². The number of ether oxygens (including phenoxy) is 1. The number of hydrogen-bond acceptors (Lipinski definition) is 9. The summed E-state index contributed by atoms with van der Waals surface area (Å²) in [7, 11) is -2.84. The van der Waals surface area contributed by atoms with E-state index in [1.54, 1.807) is 11.3 Å². The van der Waals surface area contributed by atoms with Gasteiger partial charge in [0, 0.05) is 45.4 Å². The number of nitrogens with zero attached hydrogens (tertiary/aromatic N) is 4. The molecule has 39 heavy (non-hydrogen) atoms. The van der Waals surface area contributed by atoms with Crippen LogP contribution in [-0.4, -0.2) is 75.7 Å². The number of amides is 1. The van der Waals surface area contributed by atoms with Crippen LogP contribution in [0.2, 0.25) is 0 Å². The molecule has 3 heterocycles. The molecule has 4 fully saturated rings. The number of carbonyl (C=O) groups is 1. The second-order valence-electron chi connectivity index (χ2n) is 10.8. The maximum absolute atomic E-state index is 11.8. The SMILES string of the molecule is N#CC1(NC(=O)C2CCCCC2)CC1.O=S1(=O)CCN(c2ccc(-c3cnc(N4CCOCC4)s3)cc2)CC1.[HH]. The first-order chi connectivity index (χ1) is 18.9. The molecule has 9 nitrogen and oxygen atoms in total. The van der Waals surface area contributed by atoms with Gasteiger partial charge < -0.3 is 19.9 Å². The van der Waals surface area contributed by atoms with Crippen molar-refractivity contribution >= 4 is 37.9 Å². The van der Waals surface area contributed by atoms with Gasteiger partial charge in [0.15, 0.2) is 15.0 Å². The lowest BCUT2D eigenvalue weighted by atomic mass is 9.88. The van der Waals surface area contributed by atoms with E-state index in [4.69, 9.17) is 10.00 Å². The van der Waals surface area contributed by atoms with E-state index in [0.29, 0.717) is 13.1 Å². The van der Waals surface area contributed by atoms with Crippen LogP contribution in [0.25, 0.3) is 10.4 Å². The lowest BCUT2D eigenvalue weighted by Crippen LogP contribution is -2.40. The van der Waals surface area contributed by atoms with Gasteiger partial charge in [0.2, 0.25) is 5.91 Å². The van der Waals surface area contributed by atoms with Crippen LogP contribution in [0.4, 0.5) is 10.8 Å². The van der Waals surface area contributed by atoms with Gasteiger partial charge >= 0.3 is 0 Å². The lowest BCUT2D eigenvalue weighted by Gasteiger charge is -2.28. The molecule has 2 aliphatic heterocycles. The standard InChI is InChI=1S/C17H21N3O3S2.C11H16N2O.H2/c21-25(22)11-7-19(8-12-25)15-3-1-14(2-4-15)16-13-18-17(24-16)20-5-9-23-10-6-20;12-8-11(6-7-11)13-10(14)9-4-2-1-3-5-9;/h1-4,13H,5-12H2;9H,1-7H2,(H,13,14);1H. The van der Waals surface area contributed by atoms with Gasteiger partial charge in [0.1, 0.15) is 5.54 Å². The van der Waals surface area contributed by atoms with Gasteiger partial charge in [-0.1, -0.05) is 42.7 Å². The average Bonchev–Trinajstić information content (AvgIpc) is 3.57. The number of carbonyl (C=O) groups excluding carboxylic acids is 1. The van der Waals surface area contributed by atoms with Crippen LogP contribution < -0.4 is 15.1 Å². The summed E-state index contributed by atoms with van der Waals surface area (Å²) in [5.74, 6) is 0.775. The monoisotopic (exact) mass is 573 g/mol. The minimum Gasteiger partial charge on any atom is -0.378 e. The number of rotatable bonds is 5. The Balaban J connectivity index is 0.000000210. The minimum absolute atomic E-state index is 0. The van der Waals surface area contributed by atoms with Gasteiger partial charge in [-0.05, 0) is 43.4 Å². The van der Waals surface area contributed by atoms with Crippen LogP contribution in [0.1, 0.15) is 46.4 Å². The molecular weight excluding hydrogens is 534 g/mol. The first-order valence-electron chi connectivity index (χ1n) is 13.9. The second kappa shape index (κ2) is 12.2. The largest absolute Gasteiger partial charge is 0.378 e. The van der Waals surface area contributed by atoms with Crippen LogP contribution in [-0.2, 0) is 19.4 Å². The molecule has 212 valence electrons. The van der Waals surface area contributed by atoms with Gasteiger partial charge in [-0.3, -0.25) is 4.79 Å². The van der Waals surface area contributed by atoms with Crippen LogP contribution >= 0.6 is 11.3 Å². The Bertz CT molecular complexity index is 1260. The molecule has 0 spiro atoms. The molecule has 11 heteroatoms. The van der Waals surface area contributed by atoms with Crippen molar-refractivity contribution in [2.45, 2.75) is 50.5 Å². The Kier molecular flexibility index (Phi) is 8.74. The third-order valence-electron chi connectivity index (χ3n) is 7.94. The number of sulfone groups is 1. The van der Waals surface area contributed by atoms with Crippen LogP contribution in [0, 0.1) is 17.2 Å². The maximum Gasteiger partial charge on any atom is 0.224 e. The molecule has 1 amide bonds. The molecule has 0 atom stereocenters. The Morgan fingerprint density at radius 1 is 1.05 bits per heavy atom. The Morgan fingerprint density at radius 3 is 2.33 bits per heavy atom. The fourth-order valence-corrected chi connectivity index (χ4v) is 7.37. The zero-order chi connectivity index (χ0) is 27.3. The van der Waals surface area contributed by atoms with Crippen molar-refractivity contribution in [2.75, 3.05) is 60.7 Å². The summed E-state index contributed by atoms with van der Waals surface area (Å²) in [6, 6.07) is 10.5. The molecule has 6 rings (SSSR count). The van der Waals surface area contributed by atoms with Crippen molar-refractivity contribution in [2.24, 2.45) is 5.92 Å². The number of nitrogens with one attached hydrogen (secondary N) is 1. The first-order valence-corrected chi connectivity index (χ1v) is 16.6. The second-order valence-corrected chi connectivity index (χ2v) is 14.1. The zero-order valence-corrected chi connectivity index (χ0v) is 23.9. The summed E-state index contributed by atoms with van der Waals surface area (Å²) in [5.41, 5.74) is 1.75. The van der Waals surface area contributed by atoms with Crippen molar-refractivity contribution in [1.82, 2.24) is 10.3 Å². The minimum atomic E-state index is -2.84. The molecule has 0 radical (unpaired) electrons. The fraction of sp³-hybridized carbons (Fsp3) is 0.607. The Hall–Kier alpha value is -2.68. The Morgan fingerprint density at radius 2 is 1.72 bits per heavy atom. The number of morpholine rings is 1. The lowest BCUT2D eigenvalue weighted by molar-refractivity contribution is -0.126. The number of anilines is 2. The molecule has 0 unspecified atom stereocenters. The first kappa shape index (κ1) is 27.9. The Labute approximate surface area is 236 Å². The third-order valence-corrected chi connectivity index (χ3v) is 10.7. The van der Waals surface area contributed by atoms with E-state index in [0.717, 1.165) is 86.1 Å². The van der Waals surface area contributed by atoms with Gasteiger partial charge in [0.05, 0.1) is 35.7 Å². The average molecular weight is 574 g/mol. The molecule has 1 N–H and O–H groups in total. The highest BCUT2D eigenvalue weighted by atomic mass is 32.2. The van der Waals surface area contributed by atoms with Crippen LogP contribution in [0.3, 0.4) is 0 Å². The number of hydrogen-bond donors (Lipinski definition) is 1. The molecule has 1 aromatic carbocycles. The van der Waals surface area contributed by atoms with E-state index < -0.39 is 15.4 Å². The molecule has 4 aliphatic rings. The van der Waals surface area contributed by atoms with Crippen LogP contribution in [0.5, 0.6) is 0 Å². The topological polar surface area (TPSA) is 116 Å². The van der Waals surface area contributed by atoms with E-state index in [9.17, 15) is 13.2 Å². The van der Waals surface area contributed by atoms with Gasteiger partial charge in [-0.2, -0.15) is 5.26 Å². The summed E-state index contributed by atoms with van der Waals surface area (Å²) < 4.78 is 28.5. The molecule has 1 aromatic heterocycles. The summed E-state index contributed by atoms with van der Waals surface area (Å²) in [5, 5.41) is 12.8.